The van der Waals surface area contributed by atoms with Crippen molar-refractivity contribution in [2.24, 2.45) is 0 Å². The first kappa shape index (κ1) is 21.8. The molecule has 1 atom stereocenters. The number of carbonyl (C=O) groups is 2. The Labute approximate surface area is 156 Å². The molecule has 8 heteroatoms. The van der Waals surface area contributed by atoms with Crippen molar-refractivity contribution < 1.29 is 19.1 Å². The molecule has 1 aromatic carbocycles. The SMILES string of the molecule is BC(CCCNCNC(=O)OC(C)(C)C)NC(=O)OCc1ccccc1. The van der Waals surface area contributed by atoms with Crippen LogP contribution in [0.1, 0.15) is 39.2 Å². The Morgan fingerprint density at radius 1 is 1.15 bits per heavy atom. The van der Waals surface area contributed by atoms with Crippen molar-refractivity contribution in [1.29, 1.82) is 0 Å². The molecule has 0 heterocycles. The highest BCUT2D eigenvalue weighted by atomic mass is 16.6. The van der Waals surface area contributed by atoms with E-state index in [0.717, 1.165) is 24.9 Å². The minimum atomic E-state index is -0.500. The molecule has 1 aromatic rings. The number of benzene rings is 1. The number of hydrogen-bond acceptors (Lipinski definition) is 5. The number of amides is 2. The summed E-state index contributed by atoms with van der Waals surface area (Å²) >= 11 is 0. The van der Waals surface area contributed by atoms with Gasteiger partial charge in [0.1, 0.15) is 20.1 Å². The van der Waals surface area contributed by atoms with Crippen LogP contribution in [0, 0.1) is 0 Å². The highest BCUT2D eigenvalue weighted by Crippen LogP contribution is 2.06. The zero-order valence-corrected chi connectivity index (χ0v) is 16.1. The van der Waals surface area contributed by atoms with Crippen molar-refractivity contribution in [2.45, 2.75) is 51.8 Å². The highest BCUT2D eigenvalue weighted by Gasteiger charge is 2.15. The van der Waals surface area contributed by atoms with Gasteiger partial charge in [0.25, 0.3) is 0 Å². The van der Waals surface area contributed by atoms with Crippen LogP contribution in [0.15, 0.2) is 30.3 Å². The van der Waals surface area contributed by atoms with Crippen LogP contribution in [0.3, 0.4) is 0 Å². The lowest BCUT2D eigenvalue weighted by Crippen LogP contribution is -2.39. The van der Waals surface area contributed by atoms with Crippen LogP contribution in [0.25, 0.3) is 0 Å². The van der Waals surface area contributed by atoms with E-state index in [4.69, 9.17) is 9.47 Å². The molecule has 0 aliphatic heterocycles. The second kappa shape index (κ2) is 11.4. The van der Waals surface area contributed by atoms with Gasteiger partial charge in [0.2, 0.25) is 0 Å². The third kappa shape index (κ3) is 11.4. The van der Waals surface area contributed by atoms with Crippen molar-refractivity contribution in [3.63, 3.8) is 0 Å². The Kier molecular flexibility index (Phi) is 9.58. The van der Waals surface area contributed by atoms with E-state index < -0.39 is 17.8 Å². The second-order valence-electron chi connectivity index (χ2n) is 7.10. The van der Waals surface area contributed by atoms with E-state index in [9.17, 15) is 9.59 Å². The lowest BCUT2D eigenvalue weighted by atomic mass is 9.92. The molecular formula is C18H30BN3O4. The molecule has 0 saturated heterocycles. The number of nitrogens with one attached hydrogen (secondary N) is 3. The topological polar surface area (TPSA) is 88.7 Å². The maximum absolute atomic E-state index is 11.7. The predicted octanol–water partition coefficient (Wildman–Crippen LogP) is 1.72. The molecule has 1 unspecified atom stereocenters. The van der Waals surface area contributed by atoms with Crippen LogP contribution < -0.4 is 16.0 Å². The van der Waals surface area contributed by atoms with Crippen molar-refractivity contribution in [3.8, 4) is 0 Å². The van der Waals surface area contributed by atoms with Crippen LogP contribution in [0.5, 0.6) is 0 Å². The van der Waals surface area contributed by atoms with Crippen LogP contribution in [-0.2, 0) is 16.1 Å². The van der Waals surface area contributed by atoms with Crippen molar-refractivity contribution in [3.05, 3.63) is 35.9 Å². The average Bonchev–Trinajstić information content (AvgIpc) is 2.55. The van der Waals surface area contributed by atoms with E-state index >= 15 is 0 Å². The Morgan fingerprint density at radius 3 is 2.50 bits per heavy atom. The lowest BCUT2D eigenvalue weighted by molar-refractivity contribution is 0.0523. The smallest absolute Gasteiger partial charge is 0.408 e. The molecule has 0 saturated carbocycles. The molecule has 1 rings (SSSR count). The van der Waals surface area contributed by atoms with Crippen LogP contribution in [0.4, 0.5) is 9.59 Å². The fraction of sp³-hybridized carbons (Fsp3) is 0.556. The summed E-state index contributed by atoms with van der Waals surface area (Å²) in [6.07, 6.45) is 0.804. The van der Waals surface area contributed by atoms with E-state index in [1.54, 1.807) is 0 Å². The molecule has 26 heavy (non-hydrogen) atoms. The first-order valence-electron chi connectivity index (χ1n) is 8.91. The number of alkyl carbamates (subject to hydrolysis) is 2. The molecule has 144 valence electrons. The summed E-state index contributed by atoms with van der Waals surface area (Å²) in [5, 5.41) is 8.54. The van der Waals surface area contributed by atoms with Crippen molar-refractivity contribution in [1.82, 2.24) is 16.0 Å². The fourth-order valence-corrected chi connectivity index (χ4v) is 2.11. The molecule has 0 aliphatic carbocycles. The third-order valence-corrected chi connectivity index (χ3v) is 3.32. The fourth-order valence-electron chi connectivity index (χ4n) is 2.11. The number of ether oxygens (including phenoxy) is 2. The summed E-state index contributed by atoms with van der Waals surface area (Å²) in [5.41, 5.74) is 0.456. The van der Waals surface area contributed by atoms with E-state index in [2.05, 4.69) is 16.0 Å². The van der Waals surface area contributed by atoms with Crippen molar-refractivity contribution in [2.75, 3.05) is 13.2 Å². The lowest BCUT2D eigenvalue weighted by Gasteiger charge is -2.19. The standard InChI is InChI=1S/C18H30BN3O4/c1-18(2,3)26-16(23)21-13-20-11-7-10-15(19)22-17(24)25-12-14-8-5-4-6-9-14/h4-6,8-9,15,20H,7,10-13,19H2,1-3H3,(H,21,23)(H,22,24). The Balaban J connectivity index is 2.03. The first-order valence-corrected chi connectivity index (χ1v) is 8.91. The van der Waals surface area contributed by atoms with Crippen LogP contribution >= 0.6 is 0 Å². The van der Waals surface area contributed by atoms with Crippen LogP contribution in [0.2, 0.25) is 0 Å². The quantitative estimate of drug-likeness (QED) is 0.353. The second-order valence-corrected chi connectivity index (χ2v) is 7.10. The van der Waals surface area contributed by atoms with Gasteiger partial charge in [-0.25, -0.2) is 9.59 Å². The zero-order chi connectivity index (χ0) is 19.4. The summed E-state index contributed by atoms with van der Waals surface area (Å²) in [4.78, 5) is 23.2. The molecule has 0 bridgehead atoms. The Hall–Kier alpha value is -2.22. The summed E-state index contributed by atoms with van der Waals surface area (Å²) < 4.78 is 10.3. The van der Waals surface area contributed by atoms with E-state index in [1.165, 1.54) is 0 Å². The van der Waals surface area contributed by atoms with Gasteiger partial charge in [-0.3, -0.25) is 5.32 Å². The minimum absolute atomic E-state index is 0.0129. The van der Waals surface area contributed by atoms with Crippen LogP contribution in [-0.4, -0.2) is 44.8 Å². The number of hydrogen-bond donors (Lipinski definition) is 3. The van der Waals surface area contributed by atoms with Gasteiger partial charge in [-0.15, -0.1) is 0 Å². The van der Waals surface area contributed by atoms with Gasteiger partial charge in [-0.2, -0.15) is 0 Å². The predicted molar refractivity (Wildman–Crippen MR) is 104 cm³/mol. The average molecular weight is 363 g/mol. The number of carbonyl (C=O) groups excluding carboxylic acids is 2. The summed E-state index contributed by atoms with van der Waals surface area (Å²) in [6, 6.07) is 9.55. The monoisotopic (exact) mass is 363 g/mol. The summed E-state index contributed by atoms with van der Waals surface area (Å²) in [6.45, 7) is 6.78. The van der Waals surface area contributed by atoms with E-state index in [-0.39, 0.29) is 12.5 Å². The minimum Gasteiger partial charge on any atom is -0.445 e. The molecule has 0 aliphatic rings. The van der Waals surface area contributed by atoms with Gasteiger partial charge in [-0.1, -0.05) is 30.3 Å². The normalized spacial score (nSPS) is 12.1. The van der Waals surface area contributed by atoms with Crippen molar-refractivity contribution >= 4 is 20.0 Å². The largest absolute Gasteiger partial charge is 0.445 e. The third-order valence-electron chi connectivity index (χ3n) is 3.32. The van der Waals surface area contributed by atoms with Gasteiger partial charge in [0.15, 0.2) is 0 Å². The molecule has 2 amide bonds. The van der Waals surface area contributed by atoms with Gasteiger partial charge in [0.05, 0.1) is 6.67 Å². The molecular weight excluding hydrogens is 333 g/mol. The van der Waals surface area contributed by atoms with Gasteiger partial charge < -0.3 is 20.1 Å². The van der Waals surface area contributed by atoms with Gasteiger partial charge in [-0.05, 0) is 45.7 Å². The Bertz CT molecular complexity index is 549. The summed E-state index contributed by atoms with van der Waals surface area (Å²) in [5.74, 6) is 0.0129. The van der Waals surface area contributed by atoms with E-state index in [0.29, 0.717) is 6.67 Å². The Morgan fingerprint density at radius 2 is 1.85 bits per heavy atom. The molecule has 0 aromatic heterocycles. The molecule has 7 nitrogen and oxygen atoms in total. The molecule has 3 N–H and O–H groups in total. The summed E-state index contributed by atoms with van der Waals surface area (Å²) in [7, 11) is 1.93. The maximum Gasteiger partial charge on any atom is 0.408 e. The van der Waals surface area contributed by atoms with E-state index in [1.807, 2.05) is 58.9 Å². The first-order chi connectivity index (χ1) is 12.3. The molecule has 0 fully saturated rings. The van der Waals surface area contributed by atoms with Gasteiger partial charge in [0, 0.05) is 5.94 Å². The maximum atomic E-state index is 11.7. The van der Waals surface area contributed by atoms with Gasteiger partial charge >= 0.3 is 12.2 Å². The molecule has 0 radical (unpaired) electrons. The number of rotatable bonds is 9. The zero-order valence-electron chi connectivity index (χ0n) is 16.1. The highest BCUT2D eigenvalue weighted by molar-refractivity contribution is 6.12. The molecule has 0 spiro atoms.